The highest BCUT2D eigenvalue weighted by Crippen LogP contribution is 2.28. The fraction of sp³-hybridized carbons (Fsp3) is 0.407. The van der Waals surface area contributed by atoms with Gasteiger partial charge >= 0.3 is 0 Å². The van der Waals surface area contributed by atoms with E-state index in [1.165, 1.54) is 17.4 Å². The quantitative estimate of drug-likeness (QED) is 0.249. The minimum atomic E-state index is -0.329. The van der Waals surface area contributed by atoms with Gasteiger partial charge in [-0.2, -0.15) is 0 Å². The van der Waals surface area contributed by atoms with Gasteiger partial charge < -0.3 is 14.2 Å². The summed E-state index contributed by atoms with van der Waals surface area (Å²) in [5.41, 5.74) is 1.38. The third kappa shape index (κ3) is 6.24. The second kappa shape index (κ2) is 11.0. The van der Waals surface area contributed by atoms with Crippen molar-refractivity contribution in [1.29, 1.82) is 0 Å². The number of hydrogen-bond acceptors (Lipinski definition) is 3. The van der Waals surface area contributed by atoms with E-state index in [1.54, 1.807) is 0 Å². The number of benzene rings is 3. The van der Waals surface area contributed by atoms with Crippen molar-refractivity contribution >= 4 is 10.8 Å². The Bertz CT molecular complexity index is 896. The van der Waals surface area contributed by atoms with Crippen LogP contribution in [0.25, 0.3) is 10.8 Å². The van der Waals surface area contributed by atoms with Crippen molar-refractivity contribution in [2.75, 3.05) is 13.2 Å². The van der Waals surface area contributed by atoms with Crippen molar-refractivity contribution in [3.63, 3.8) is 0 Å². The van der Waals surface area contributed by atoms with Crippen LogP contribution in [-0.4, -0.2) is 19.5 Å². The first kappa shape index (κ1) is 22.2. The zero-order chi connectivity index (χ0) is 21.3. The molecule has 0 aliphatic rings. The number of fused-ring (bicyclic) bond motifs is 1. The predicted octanol–water partition coefficient (Wildman–Crippen LogP) is 7.20. The van der Waals surface area contributed by atoms with Crippen molar-refractivity contribution in [1.82, 2.24) is 0 Å². The zero-order valence-corrected chi connectivity index (χ0v) is 18.6. The van der Waals surface area contributed by atoms with E-state index in [4.69, 9.17) is 14.2 Å². The lowest BCUT2D eigenvalue weighted by molar-refractivity contribution is -0.0738. The first-order chi connectivity index (χ1) is 14.6. The molecule has 0 N–H and O–H groups in total. The summed E-state index contributed by atoms with van der Waals surface area (Å²) < 4.78 is 17.6. The molecule has 3 nitrogen and oxygen atoms in total. The lowest BCUT2D eigenvalue weighted by Gasteiger charge is -2.19. The predicted molar refractivity (Wildman–Crippen MR) is 124 cm³/mol. The van der Waals surface area contributed by atoms with E-state index in [-0.39, 0.29) is 6.29 Å². The maximum Gasteiger partial charge on any atom is 0.197 e. The van der Waals surface area contributed by atoms with Crippen LogP contribution in [0.5, 0.6) is 11.5 Å². The van der Waals surface area contributed by atoms with Gasteiger partial charge in [-0.05, 0) is 60.7 Å². The Morgan fingerprint density at radius 3 is 2.27 bits per heavy atom. The Kier molecular flexibility index (Phi) is 8.15. The van der Waals surface area contributed by atoms with E-state index >= 15 is 0 Å². The van der Waals surface area contributed by atoms with Crippen LogP contribution in [0.15, 0.2) is 66.7 Å². The molecule has 2 unspecified atom stereocenters. The highest BCUT2D eigenvalue weighted by Gasteiger charge is 2.12. The van der Waals surface area contributed by atoms with E-state index in [0.717, 1.165) is 23.3 Å². The summed E-state index contributed by atoms with van der Waals surface area (Å²) in [7, 11) is 0. The molecule has 3 rings (SSSR count). The van der Waals surface area contributed by atoms with Gasteiger partial charge in [-0.3, -0.25) is 0 Å². The minimum Gasteiger partial charge on any atom is -0.491 e. The summed E-state index contributed by atoms with van der Waals surface area (Å²) in [5, 5.41) is 2.29. The summed E-state index contributed by atoms with van der Waals surface area (Å²) in [5.74, 6) is 3.03. The second-order valence-electron chi connectivity index (χ2n) is 8.19. The smallest absolute Gasteiger partial charge is 0.197 e. The normalized spacial score (nSPS) is 13.4. The number of hydrogen-bond donors (Lipinski definition) is 0. The van der Waals surface area contributed by atoms with Gasteiger partial charge in [0.25, 0.3) is 0 Å². The highest BCUT2D eigenvalue weighted by molar-refractivity contribution is 5.88. The molecule has 3 heteroatoms. The van der Waals surface area contributed by atoms with Crippen molar-refractivity contribution in [2.45, 2.75) is 52.7 Å². The minimum absolute atomic E-state index is 0.329. The van der Waals surface area contributed by atoms with Crippen LogP contribution in [0.4, 0.5) is 0 Å². The van der Waals surface area contributed by atoms with Gasteiger partial charge in [0.1, 0.15) is 18.1 Å². The molecule has 160 valence electrons. The van der Waals surface area contributed by atoms with Crippen LogP contribution < -0.4 is 9.47 Å². The molecule has 0 amide bonds. The molecule has 2 atom stereocenters. The van der Waals surface area contributed by atoms with Crippen LogP contribution in [0, 0.1) is 5.92 Å². The van der Waals surface area contributed by atoms with Crippen molar-refractivity contribution in [2.24, 2.45) is 5.92 Å². The number of rotatable bonds is 11. The molecule has 0 saturated heterocycles. The maximum atomic E-state index is 5.93. The average Bonchev–Trinajstić information content (AvgIpc) is 2.75. The monoisotopic (exact) mass is 406 g/mol. The fourth-order valence-corrected chi connectivity index (χ4v) is 3.84. The van der Waals surface area contributed by atoms with E-state index < -0.39 is 0 Å². The summed E-state index contributed by atoms with van der Waals surface area (Å²) in [4.78, 5) is 0. The molecule has 0 radical (unpaired) electrons. The molecule has 0 heterocycles. The van der Waals surface area contributed by atoms with Crippen LogP contribution >= 0.6 is 0 Å². The third-order valence-corrected chi connectivity index (χ3v) is 5.35. The van der Waals surface area contributed by atoms with Crippen molar-refractivity contribution < 1.29 is 14.2 Å². The largest absolute Gasteiger partial charge is 0.491 e. The Morgan fingerprint density at radius 2 is 1.53 bits per heavy atom. The topological polar surface area (TPSA) is 27.7 Å². The summed E-state index contributed by atoms with van der Waals surface area (Å²) in [6.45, 7) is 9.68. The summed E-state index contributed by atoms with van der Waals surface area (Å²) in [6, 6.07) is 22.8. The maximum absolute atomic E-state index is 5.93. The van der Waals surface area contributed by atoms with Crippen molar-refractivity contribution in [3.05, 3.63) is 72.3 Å². The summed E-state index contributed by atoms with van der Waals surface area (Å²) in [6.07, 6.45) is 2.05. The first-order valence-electron chi connectivity index (χ1n) is 11.1. The molecule has 0 aliphatic carbocycles. The van der Waals surface area contributed by atoms with Gasteiger partial charge in [0.15, 0.2) is 6.29 Å². The Balaban J connectivity index is 1.45. The Labute approximate surface area is 181 Å². The molecule has 3 aromatic rings. The van der Waals surface area contributed by atoms with Crippen LogP contribution in [0.2, 0.25) is 0 Å². The van der Waals surface area contributed by atoms with E-state index in [2.05, 4.69) is 51.1 Å². The van der Waals surface area contributed by atoms with Gasteiger partial charge in [0.05, 0.1) is 6.61 Å². The molecule has 0 aromatic heterocycles. The molecule has 0 spiro atoms. The van der Waals surface area contributed by atoms with Crippen molar-refractivity contribution in [3.8, 4) is 11.5 Å². The van der Waals surface area contributed by atoms with E-state index in [9.17, 15) is 0 Å². The van der Waals surface area contributed by atoms with Gasteiger partial charge in [-0.15, -0.1) is 0 Å². The second-order valence-corrected chi connectivity index (χ2v) is 8.19. The van der Waals surface area contributed by atoms with E-state index in [1.807, 2.05) is 43.3 Å². The fourth-order valence-electron chi connectivity index (χ4n) is 3.84. The lowest BCUT2D eigenvalue weighted by Crippen LogP contribution is -2.20. The molecule has 0 bridgehead atoms. The standard InChI is InChI=1S/C27H34O3/c1-5-22(19-20(2)3)23-13-15-25(16-14-23)30-21(4)28-17-18-29-27-12-8-10-24-9-6-7-11-26(24)27/h6-16,20-22H,5,17-19H2,1-4H3. The van der Waals surface area contributed by atoms with Gasteiger partial charge in [-0.25, -0.2) is 0 Å². The van der Waals surface area contributed by atoms with E-state index in [0.29, 0.717) is 25.0 Å². The molecular formula is C27H34O3. The van der Waals surface area contributed by atoms with Gasteiger partial charge in [0, 0.05) is 5.39 Å². The highest BCUT2D eigenvalue weighted by atomic mass is 16.7. The van der Waals surface area contributed by atoms with Crippen LogP contribution in [-0.2, 0) is 4.74 Å². The Morgan fingerprint density at radius 1 is 0.800 bits per heavy atom. The molecule has 0 saturated carbocycles. The molecule has 3 aromatic carbocycles. The van der Waals surface area contributed by atoms with Gasteiger partial charge in [-0.1, -0.05) is 69.3 Å². The number of ether oxygens (including phenoxy) is 3. The Hall–Kier alpha value is -2.52. The lowest BCUT2D eigenvalue weighted by atomic mass is 9.88. The molecular weight excluding hydrogens is 372 g/mol. The summed E-state index contributed by atoms with van der Waals surface area (Å²) >= 11 is 0. The SMILES string of the molecule is CCC(CC(C)C)c1ccc(OC(C)OCCOc2cccc3ccccc23)cc1. The molecule has 0 aliphatic heterocycles. The van der Waals surface area contributed by atoms with Crippen LogP contribution in [0.1, 0.15) is 52.0 Å². The third-order valence-electron chi connectivity index (χ3n) is 5.35. The molecule has 30 heavy (non-hydrogen) atoms. The zero-order valence-electron chi connectivity index (χ0n) is 18.6. The first-order valence-corrected chi connectivity index (χ1v) is 11.1. The van der Waals surface area contributed by atoms with Gasteiger partial charge in [0.2, 0.25) is 0 Å². The average molecular weight is 407 g/mol. The van der Waals surface area contributed by atoms with Crippen LogP contribution in [0.3, 0.4) is 0 Å². The molecule has 0 fully saturated rings.